The molecule has 4 rings (SSSR count). The Bertz CT molecular complexity index is 1540. The number of benzene rings is 2. The van der Waals surface area contributed by atoms with Crippen molar-refractivity contribution in [1.82, 2.24) is 9.62 Å². The van der Waals surface area contributed by atoms with E-state index in [1.807, 2.05) is 20.8 Å². The fourth-order valence-electron chi connectivity index (χ4n) is 4.60. The van der Waals surface area contributed by atoms with E-state index in [0.717, 1.165) is 0 Å². The van der Waals surface area contributed by atoms with Gasteiger partial charge in [0.15, 0.2) is 0 Å². The fourth-order valence-corrected chi connectivity index (χ4v) is 6.62. The number of hydrogen-bond acceptors (Lipinski definition) is 6. The first-order chi connectivity index (χ1) is 17.2. The molecule has 0 saturated carbocycles. The second kappa shape index (κ2) is 9.34. The number of hydrogen-bond donors (Lipinski definition) is 2. The summed E-state index contributed by atoms with van der Waals surface area (Å²) in [6.07, 6.45) is 0. The average molecular weight is 550 g/mol. The number of nitrogens with one attached hydrogen (secondary N) is 1. The highest BCUT2D eigenvalue weighted by molar-refractivity contribution is 7.91. The van der Waals surface area contributed by atoms with Crippen molar-refractivity contribution in [3.63, 3.8) is 0 Å². The number of nitrogens with zero attached hydrogens (tertiary/aromatic N) is 2. The topological polar surface area (TPSA) is 133 Å². The Balaban J connectivity index is 1.79. The first kappa shape index (κ1) is 27.0. The van der Waals surface area contributed by atoms with E-state index >= 15 is 0 Å². The highest BCUT2D eigenvalue weighted by Gasteiger charge is 2.49. The average Bonchev–Trinajstić information content (AvgIpc) is 3.23. The van der Waals surface area contributed by atoms with Crippen LogP contribution in [0.4, 0.5) is 4.39 Å². The van der Waals surface area contributed by atoms with Crippen LogP contribution in [0.1, 0.15) is 44.4 Å². The molecule has 2 aromatic rings. The fraction of sp³-hybridized carbons (Fsp3) is 0.360. The molecule has 2 aliphatic rings. The maximum absolute atomic E-state index is 13.7. The summed E-state index contributed by atoms with van der Waals surface area (Å²) in [6, 6.07) is 9.30. The van der Waals surface area contributed by atoms with Gasteiger partial charge in [0.25, 0.3) is 15.9 Å². The van der Waals surface area contributed by atoms with Gasteiger partial charge in [-0.05, 0) is 35.6 Å². The number of carbonyl (C=O) groups is 1. The second-order valence-corrected chi connectivity index (χ2v) is 13.7. The number of carbonyl (C=O) groups excluding carboxylic acids is 1. The molecule has 2 aromatic carbocycles. The van der Waals surface area contributed by atoms with E-state index in [2.05, 4.69) is 9.12 Å². The van der Waals surface area contributed by atoms with Gasteiger partial charge in [-0.3, -0.25) is 4.79 Å². The summed E-state index contributed by atoms with van der Waals surface area (Å²) in [7, 11) is -7.88. The van der Waals surface area contributed by atoms with E-state index in [9.17, 15) is 31.1 Å². The highest BCUT2D eigenvalue weighted by Crippen LogP contribution is 2.41. The summed E-state index contributed by atoms with van der Waals surface area (Å²) in [4.78, 5) is 14.9. The van der Waals surface area contributed by atoms with Crippen molar-refractivity contribution in [2.24, 2.45) is 9.81 Å². The van der Waals surface area contributed by atoms with Gasteiger partial charge in [0.1, 0.15) is 27.8 Å². The van der Waals surface area contributed by atoms with E-state index in [1.54, 1.807) is 6.07 Å². The lowest BCUT2D eigenvalue weighted by Crippen LogP contribution is -2.43. The third kappa shape index (κ3) is 5.05. The largest absolute Gasteiger partial charge is 0.509 e. The zero-order valence-corrected chi connectivity index (χ0v) is 22.5. The van der Waals surface area contributed by atoms with Crippen LogP contribution in [0.2, 0.25) is 0 Å². The second-order valence-electron chi connectivity index (χ2n) is 10.0. The van der Waals surface area contributed by atoms with Crippen molar-refractivity contribution in [3.8, 4) is 0 Å². The molecule has 1 amide bonds. The van der Waals surface area contributed by atoms with Crippen molar-refractivity contribution in [1.29, 1.82) is 0 Å². The van der Waals surface area contributed by atoms with Gasteiger partial charge in [-0.25, -0.2) is 17.5 Å². The zero-order valence-electron chi connectivity index (χ0n) is 20.8. The first-order valence-electron chi connectivity index (χ1n) is 11.6. The van der Waals surface area contributed by atoms with Crippen LogP contribution in [0.5, 0.6) is 0 Å². The Kier molecular flexibility index (Phi) is 6.80. The number of halogens is 1. The monoisotopic (exact) mass is 549 g/mol. The third-order valence-corrected chi connectivity index (χ3v) is 9.07. The van der Waals surface area contributed by atoms with Gasteiger partial charge in [-0.15, -0.1) is 0 Å². The molecule has 1 atom stereocenters. The first-order valence-corrected chi connectivity index (χ1v) is 14.7. The Labute approximate surface area is 215 Å². The highest BCUT2D eigenvalue weighted by atomic mass is 32.2. The molecule has 0 bridgehead atoms. The summed E-state index contributed by atoms with van der Waals surface area (Å²) in [5.41, 5.74) is -0.134. The summed E-state index contributed by atoms with van der Waals surface area (Å²) in [5.74, 6) is -1.52. The Morgan fingerprint density at radius 1 is 1.14 bits per heavy atom. The van der Waals surface area contributed by atoms with Gasteiger partial charge in [0.05, 0.1) is 11.8 Å². The molecule has 0 radical (unpaired) electrons. The number of aliphatic hydroxyl groups is 1. The lowest BCUT2D eigenvalue weighted by Gasteiger charge is -2.35. The van der Waals surface area contributed by atoms with Gasteiger partial charge in [0, 0.05) is 18.7 Å². The van der Waals surface area contributed by atoms with E-state index < -0.39 is 43.2 Å². The van der Waals surface area contributed by atoms with Gasteiger partial charge in [-0.2, -0.15) is 12.8 Å². The lowest BCUT2D eigenvalue weighted by atomic mass is 9.84. The zero-order chi connectivity index (χ0) is 27.3. The molecule has 0 aliphatic carbocycles. The van der Waals surface area contributed by atoms with Crippen LogP contribution in [0, 0.1) is 11.2 Å². The van der Waals surface area contributed by atoms with Gasteiger partial charge in [0.2, 0.25) is 10.0 Å². The molecule has 0 spiro atoms. The number of sulfonamides is 2. The van der Waals surface area contributed by atoms with Crippen LogP contribution in [0.3, 0.4) is 0 Å². The number of fused-ring (bicyclic) bond motifs is 1. The summed E-state index contributed by atoms with van der Waals surface area (Å²) < 4.78 is 69.7. The number of rotatable bonds is 7. The Hall–Kier alpha value is -3.09. The Morgan fingerprint density at radius 2 is 1.78 bits per heavy atom. The quantitative estimate of drug-likeness (QED) is 0.546. The van der Waals surface area contributed by atoms with Crippen LogP contribution in [0.25, 0.3) is 0 Å². The van der Waals surface area contributed by atoms with E-state index in [0.29, 0.717) is 5.56 Å². The molecule has 0 aromatic heterocycles. The molecule has 0 saturated heterocycles. The third-order valence-electron chi connectivity index (χ3n) is 6.31. The molecule has 2 heterocycles. The standard InChI is InChI=1S/C25H28FN3O6S2/c1-5-36(32,33)27-13-16-7-6-8-18-20(28-37(34,35)22(16)18)19-21(30)23(25(2,3)4)29(24(19)31)14-15-9-11-17(26)12-10-15/h6-12,23,27,30H,5,13-14H2,1-4H3/t23-/m1/s1. The maximum atomic E-state index is 13.7. The molecule has 12 heteroatoms. The van der Waals surface area contributed by atoms with Crippen LogP contribution >= 0.6 is 0 Å². The number of aliphatic hydroxyl groups excluding tert-OH is 1. The van der Waals surface area contributed by atoms with E-state index in [1.165, 1.54) is 48.2 Å². The molecule has 0 fully saturated rings. The van der Waals surface area contributed by atoms with Crippen LogP contribution in [-0.2, 0) is 37.9 Å². The molecule has 9 nitrogen and oxygen atoms in total. The molecule has 198 valence electrons. The smallest absolute Gasteiger partial charge is 0.283 e. The van der Waals surface area contributed by atoms with Gasteiger partial charge >= 0.3 is 0 Å². The van der Waals surface area contributed by atoms with Gasteiger partial charge in [-0.1, -0.05) is 51.1 Å². The minimum atomic E-state index is -4.28. The normalized spacial score (nSPS) is 19.4. The molecule has 0 unspecified atom stereocenters. The van der Waals surface area contributed by atoms with E-state index in [-0.39, 0.29) is 51.9 Å². The molecular weight excluding hydrogens is 521 g/mol. The van der Waals surface area contributed by atoms with Crippen molar-refractivity contribution < 1.29 is 31.1 Å². The molecular formula is C25H28FN3O6S2. The van der Waals surface area contributed by atoms with Crippen molar-refractivity contribution in [2.75, 3.05) is 5.75 Å². The summed E-state index contributed by atoms with van der Waals surface area (Å²) >= 11 is 0. The minimum Gasteiger partial charge on any atom is -0.509 e. The summed E-state index contributed by atoms with van der Waals surface area (Å²) in [5, 5.41) is 11.3. The van der Waals surface area contributed by atoms with Crippen molar-refractivity contribution in [3.05, 3.63) is 76.3 Å². The molecule has 2 N–H and O–H groups in total. The predicted molar refractivity (Wildman–Crippen MR) is 136 cm³/mol. The maximum Gasteiger partial charge on any atom is 0.283 e. The van der Waals surface area contributed by atoms with Crippen LogP contribution in [-0.4, -0.2) is 50.3 Å². The van der Waals surface area contributed by atoms with Crippen molar-refractivity contribution >= 4 is 31.7 Å². The van der Waals surface area contributed by atoms with Gasteiger partial charge < -0.3 is 10.0 Å². The van der Waals surface area contributed by atoms with E-state index in [4.69, 9.17) is 0 Å². The molecule has 37 heavy (non-hydrogen) atoms. The SMILES string of the molecule is CCS(=O)(=O)NCc1cccc2c1S(=O)(=O)N=C2C1=C(O)[C@H](C(C)(C)C)N(Cc2ccc(F)cc2)C1=O. The molecule has 2 aliphatic heterocycles. The minimum absolute atomic E-state index is 0.0559. The van der Waals surface area contributed by atoms with Crippen LogP contribution < -0.4 is 4.72 Å². The van der Waals surface area contributed by atoms with Crippen LogP contribution in [0.15, 0.2) is 63.1 Å². The lowest BCUT2D eigenvalue weighted by molar-refractivity contribution is -0.129. The number of amides is 1. The Morgan fingerprint density at radius 3 is 2.38 bits per heavy atom. The van der Waals surface area contributed by atoms with Crippen molar-refractivity contribution in [2.45, 2.75) is 51.7 Å². The summed E-state index contributed by atoms with van der Waals surface area (Å²) in [6.45, 7) is 6.74. The predicted octanol–water partition coefficient (Wildman–Crippen LogP) is 3.03.